The standard InChI is InChI=1S/C20H23N5O4S/c1-11(2)9-16(26)23-22-12(3)18-14(10-17(27)29-4)24-25(19(18)28)20-21-13-7-5-6-8-15(13)30-20/h5-8,11,24H,9-10H2,1-4H3,(H,23,26). The van der Waals surface area contributed by atoms with Gasteiger partial charge in [-0.05, 0) is 25.0 Å². The normalized spacial score (nSPS) is 11.8. The second-order valence-corrected chi connectivity index (χ2v) is 8.16. The van der Waals surface area contributed by atoms with Crippen LogP contribution in [0.3, 0.4) is 0 Å². The lowest BCUT2D eigenvalue weighted by atomic mass is 10.1. The smallest absolute Gasteiger partial charge is 0.311 e. The number of fused-ring (bicyclic) bond motifs is 1. The molecule has 2 N–H and O–H groups in total. The average molecular weight is 430 g/mol. The number of hydrogen-bond acceptors (Lipinski definition) is 7. The lowest BCUT2D eigenvalue weighted by Crippen LogP contribution is -2.24. The fraction of sp³-hybridized carbons (Fsp3) is 0.350. The van der Waals surface area contributed by atoms with Crippen molar-refractivity contribution in [3.63, 3.8) is 0 Å². The molecule has 10 heteroatoms. The predicted molar refractivity (Wildman–Crippen MR) is 115 cm³/mol. The van der Waals surface area contributed by atoms with Crippen LogP contribution >= 0.6 is 11.3 Å². The number of nitrogens with zero attached hydrogens (tertiary/aromatic N) is 3. The highest BCUT2D eigenvalue weighted by Crippen LogP contribution is 2.23. The lowest BCUT2D eigenvalue weighted by molar-refractivity contribution is -0.139. The van der Waals surface area contributed by atoms with Gasteiger partial charge in [-0.3, -0.25) is 19.5 Å². The van der Waals surface area contributed by atoms with E-state index in [4.69, 9.17) is 4.74 Å². The van der Waals surface area contributed by atoms with Crippen molar-refractivity contribution in [2.24, 2.45) is 11.0 Å². The minimum atomic E-state index is -0.509. The summed E-state index contributed by atoms with van der Waals surface area (Å²) in [5.74, 6) is -0.578. The van der Waals surface area contributed by atoms with Crippen LogP contribution in [-0.2, 0) is 20.7 Å². The second-order valence-electron chi connectivity index (χ2n) is 7.15. The molecule has 0 aliphatic rings. The van der Waals surface area contributed by atoms with Crippen molar-refractivity contribution in [3.05, 3.63) is 45.9 Å². The summed E-state index contributed by atoms with van der Waals surface area (Å²) in [6.45, 7) is 5.45. The molecular formula is C20H23N5O4S. The predicted octanol–water partition coefficient (Wildman–Crippen LogP) is 2.38. The number of aromatic amines is 1. The molecule has 2 heterocycles. The molecule has 2 aromatic heterocycles. The minimum Gasteiger partial charge on any atom is -0.469 e. The molecule has 0 saturated carbocycles. The summed E-state index contributed by atoms with van der Waals surface area (Å²) in [5, 5.41) is 7.46. The first-order valence-corrected chi connectivity index (χ1v) is 10.2. The first kappa shape index (κ1) is 21.4. The van der Waals surface area contributed by atoms with Crippen LogP contribution in [0.2, 0.25) is 0 Å². The van der Waals surface area contributed by atoms with Crippen molar-refractivity contribution in [3.8, 4) is 5.13 Å². The van der Waals surface area contributed by atoms with Crippen molar-refractivity contribution >= 4 is 39.1 Å². The van der Waals surface area contributed by atoms with Gasteiger partial charge in [0.05, 0.1) is 40.7 Å². The molecule has 0 aliphatic heterocycles. The van der Waals surface area contributed by atoms with Crippen molar-refractivity contribution in [1.29, 1.82) is 0 Å². The number of hydrazone groups is 1. The largest absolute Gasteiger partial charge is 0.469 e. The summed E-state index contributed by atoms with van der Waals surface area (Å²) < 4.78 is 6.95. The van der Waals surface area contributed by atoms with Crippen LogP contribution < -0.4 is 11.0 Å². The van der Waals surface area contributed by atoms with Gasteiger partial charge < -0.3 is 4.74 Å². The van der Waals surface area contributed by atoms with E-state index in [1.54, 1.807) is 6.92 Å². The van der Waals surface area contributed by atoms with E-state index in [0.717, 1.165) is 10.2 Å². The summed E-state index contributed by atoms with van der Waals surface area (Å²) in [6, 6.07) is 7.54. The third-order valence-corrected chi connectivity index (χ3v) is 5.31. The maximum atomic E-state index is 13.2. The Balaban J connectivity index is 2.03. The SMILES string of the molecule is COC(=O)Cc1[nH]n(-c2nc3ccccc3s2)c(=O)c1C(C)=NNC(=O)CC(C)C. The summed E-state index contributed by atoms with van der Waals surface area (Å²) in [5.41, 5.74) is 3.64. The molecule has 1 amide bonds. The van der Waals surface area contributed by atoms with Gasteiger partial charge in [-0.1, -0.05) is 37.3 Å². The number of benzene rings is 1. The molecule has 0 atom stereocenters. The number of aromatic nitrogens is 3. The highest BCUT2D eigenvalue weighted by atomic mass is 32.1. The topological polar surface area (TPSA) is 118 Å². The van der Waals surface area contributed by atoms with Gasteiger partial charge in [0.25, 0.3) is 5.56 Å². The van der Waals surface area contributed by atoms with Crippen molar-refractivity contribution in [1.82, 2.24) is 20.2 Å². The van der Waals surface area contributed by atoms with Crippen LogP contribution in [0.15, 0.2) is 34.2 Å². The number of rotatable bonds is 7. The van der Waals surface area contributed by atoms with Gasteiger partial charge >= 0.3 is 5.97 Å². The van der Waals surface area contributed by atoms with Crippen molar-refractivity contribution in [2.45, 2.75) is 33.6 Å². The number of methoxy groups -OCH3 is 1. The number of H-pyrrole nitrogens is 1. The number of amides is 1. The molecule has 0 bridgehead atoms. The summed E-state index contributed by atoms with van der Waals surface area (Å²) in [6.07, 6.45) is 0.167. The van der Waals surface area contributed by atoms with E-state index in [-0.39, 0.29) is 29.5 Å². The third-order valence-electron chi connectivity index (χ3n) is 4.29. The van der Waals surface area contributed by atoms with E-state index in [1.165, 1.54) is 23.1 Å². The van der Waals surface area contributed by atoms with E-state index >= 15 is 0 Å². The van der Waals surface area contributed by atoms with Crippen LogP contribution in [0.1, 0.15) is 38.4 Å². The number of ether oxygens (including phenoxy) is 1. The molecule has 9 nitrogen and oxygen atoms in total. The Bertz CT molecular complexity index is 1140. The number of carbonyl (C=O) groups excluding carboxylic acids is 2. The van der Waals surface area contributed by atoms with E-state index in [2.05, 4.69) is 20.6 Å². The van der Waals surface area contributed by atoms with Crippen LogP contribution in [0, 0.1) is 5.92 Å². The molecule has 0 fully saturated rings. The van der Waals surface area contributed by atoms with Gasteiger partial charge in [-0.2, -0.15) is 9.78 Å². The number of carbonyl (C=O) groups is 2. The zero-order valence-corrected chi connectivity index (χ0v) is 18.0. The van der Waals surface area contributed by atoms with E-state index < -0.39 is 11.5 Å². The zero-order valence-electron chi connectivity index (χ0n) is 17.2. The van der Waals surface area contributed by atoms with Crippen LogP contribution in [-0.4, -0.2) is 39.5 Å². The third kappa shape index (κ3) is 4.65. The van der Waals surface area contributed by atoms with Crippen LogP contribution in [0.25, 0.3) is 15.3 Å². The van der Waals surface area contributed by atoms with Gasteiger partial charge in [-0.15, -0.1) is 0 Å². The Labute approximate surface area is 176 Å². The lowest BCUT2D eigenvalue weighted by Gasteiger charge is -2.04. The molecule has 0 spiro atoms. The second kappa shape index (κ2) is 9.04. The molecule has 3 rings (SSSR count). The molecule has 0 unspecified atom stereocenters. The molecule has 158 valence electrons. The summed E-state index contributed by atoms with van der Waals surface area (Å²) >= 11 is 1.34. The Kier molecular flexibility index (Phi) is 6.46. The van der Waals surface area contributed by atoms with E-state index in [0.29, 0.717) is 17.2 Å². The number of hydrogen-bond donors (Lipinski definition) is 2. The fourth-order valence-electron chi connectivity index (χ4n) is 2.91. The Morgan fingerprint density at radius 1 is 1.33 bits per heavy atom. The Morgan fingerprint density at radius 2 is 2.07 bits per heavy atom. The Hall–Kier alpha value is -3.27. The average Bonchev–Trinajstić information content (AvgIpc) is 3.26. The summed E-state index contributed by atoms with van der Waals surface area (Å²) in [4.78, 5) is 41.4. The van der Waals surface area contributed by atoms with Gasteiger partial charge in [0.2, 0.25) is 11.0 Å². The molecule has 30 heavy (non-hydrogen) atoms. The first-order valence-electron chi connectivity index (χ1n) is 9.40. The van der Waals surface area contributed by atoms with Gasteiger partial charge in [0.15, 0.2) is 0 Å². The molecular weight excluding hydrogens is 406 g/mol. The number of esters is 1. The van der Waals surface area contributed by atoms with E-state index in [9.17, 15) is 14.4 Å². The minimum absolute atomic E-state index is 0.147. The van der Waals surface area contributed by atoms with Crippen LogP contribution in [0.5, 0.6) is 0 Å². The first-order chi connectivity index (χ1) is 14.3. The summed E-state index contributed by atoms with van der Waals surface area (Å²) in [7, 11) is 1.28. The number of nitrogens with one attached hydrogen (secondary N) is 2. The molecule has 0 radical (unpaired) electrons. The van der Waals surface area contributed by atoms with E-state index in [1.807, 2.05) is 38.1 Å². The quantitative estimate of drug-likeness (QED) is 0.340. The molecule has 0 saturated heterocycles. The van der Waals surface area contributed by atoms with Gasteiger partial charge in [0, 0.05) is 6.42 Å². The Morgan fingerprint density at radius 3 is 2.73 bits per heavy atom. The number of thiazole rings is 1. The van der Waals surface area contributed by atoms with Gasteiger partial charge in [0.1, 0.15) is 0 Å². The van der Waals surface area contributed by atoms with Crippen LogP contribution in [0.4, 0.5) is 0 Å². The molecule has 1 aromatic carbocycles. The zero-order chi connectivity index (χ0) is 21.8. The highest BCUT2D eigenvalue weighted by molar-refractivity contribution is 7.20. The maximum Gasteiger partial charge on any atom is 0.311 e. The fourth-order valence-corrected chi connectivity index (χ4v) is 3.83. The van der Waals surface area contributed by atoms with Crippen molar-refractivity contribution in [2.75, 3.05) is 7.11 Å². The molecule has 0 aliphatic carbocycles. The van der Waals surface area contributed by atoms with Gasteiger partial charge in [-0.25, -0.2) is 10.4 Å². The van der Waals surface area contributed by atoms with Crippen molar-refractivity contribution < 1.29 is 14.3 Å². The number of para-hydroxylation sites is 1. The highest BCUT2D eigenvalue weighted by Gasteiger charge is 2.22. The molecule has 3 aromatic rings. The monoisotopic (exact) mass is 429 g/mol. The maximum absolute atomic E-state index is 13.2.